The molecule has 2 rings (SSSR count). The van der Waals surface area contributed by atoms with E-state index in [1.165, 1.54) is 25.3 Å². The number of ether oxygens (including phenoxy) is 2. The summed E-state index contributed by atoms with van der Waals surface area (Å²) in [6.07, 6.45) is 0.201. The van der Waals surface area contributed by atoms with Crippen molar-refractivity contribution < 1.29 is 23.9 Å². The number of carbonyl (C=O) groups is 3. The van der Waals surface area contributed by atoms with Gasteiger partial charge >= 0.3 is 11.9 Å². The minimum Gasteiger partial charge on any atom is -0.469 e. The number of aryl methyl sites for hydroxylation is 1. The summed E-state index contributed by atoms with van der Waals surface area (Å²) in [6.45, 7) is 3.61. The molecule has 0 amide bonds. The maximum absolute atomic E-state index is 12.5. The van der Waals surface area contributed by atoms with E-state index in [-0.39, 0.29) is 28.8 Å². The molecule has 0 saturated carbocycles. The van der Waals surface area contributed by atoms with Crippen LogP contribution in [0.25, 0.3) is 0 Å². The Labute approximate surface area is 167 Å². The zero-order valence-electron chi connectivity index (χ0n) is 15.2. The van der Waals surface area contributed by atoms with E-state index in [4.69, 9.17) is 27.9 Å². The van der Waals surface area contributed by atoms with Crippen molar-refractivity contribution in [2.75, 3.05) is 13.7 Å². The monoisotopic (exact) mass is 411 g/mol. The van der Waals surface area contributed by atoms with Gasteiger partial charge in [0.2, 0.25) is 5.78 Å². The van der Waals surface area contributed by atoms with Gasteiger partial charge in [0.05, 0.1) is 29.1 Å². The number of Topliss-reactive ketones (excluding diaryl/α,β-unsaturated/α-hetero) is 1. The van der Waals surface area contributed by atoms with Crippen molar-refractivity contribution in [1.29, 1.82) is 0 Å². The Morgan fingerprint density at radius 3 is 2.41 bits per heavy atom. The summed E-state index contributed by atoms with van der Waals surface area (Å²) in [6, 6.07) is 6.05. The molecule has 144 valence electrons. The third-order valence-electron chi connectivity index (χ3n) is 4.13. The van der Waals surface area contributed by atoms with Crippen molar-refractivity contribution in [2.45, 2.75) is 26.8 Å². The maximum Gasteiger partial charge on any atom is 0.338 e. The lowest BCUT2D eigenvalue weighted by atomic mass is 10.1. The minimum absolute atomic E-state index is 0.201. The van der Waals surface area contributed by atoms with Crippen LogP contribution in [0.2, 0.25) is 10.0 Å². The van der Waals surface area contributed by atoms with Gasteiger partial charge in [0, 0.05) is 23.5 Å². The quantitative estimate of drug-likeness (QED) is 0.508. The highest BCUT2D eigenvalue weighted by Crippen LogP contribution is 2.23. The van der Waals surface area contributed by atoms with Crippen LogP contribution in [0.1, 0.15) is 38.5 Å². The maximum atomic E-state index is 12.5. The van der Waals surface area contributed by atoms with Crippen LogP contribution < -0.4 is 0 Å². The molecule has 1 aromatic heterocycles. The van der Waals surface area contributed by atoms with E-state index >= 15 is 0 Å². The van der Waals surface area contributed by atoms with Gasteiger partial charge in [0.25, 0.3) is 0 Å². The van der Waals surface area contributed by atoms with Crippen LogP contribution in [-0.4, -0.2) is 36.0 Å². The first-order valence-corrected chi connectivity index (χ1v) is 8.89. The van der Waals surface area contributed by atoms with Gasteiger partial charge in [-0.15, -0.1) is 0 Å². The number of aromatic nitrogens is 1. The topological polar surface area (TPSA) is 74.6 Å². The Morgan fingerprint density at radius 1 is 1.07 bits per heavy atom. The second-order valence-electron chi connectivity index (χ2n) is 5.89. The molecule has 1 heterocycles. The van der Waals surface area contributed by atoms with Gasteiger partial charge in [0.1, 0.15) is 0 Å². The predicted octanol–water partition coefficient (Wildman–Crippen LogP) is 4.01. The number of hydrogen-bond donors (Lipinski definition) is 0. The second-order valence-corrected chi connectivity index (χ2v) is 6.71. The van der Waals surface area contributed by atoms with E-state index in [0.717, 1.165) is 5.69 Å². The molecule has 0 fully saturated rings. The molecule has 0 atom stereocenters. The Hall–Kier alpha value is -2.31. The standard InChI is InChI=1S/C19H19Cl2NO5/c1-11-8-14(12(2)22(11)7-6-18(24)26-3)17(23)10-27-19(25)13-4-5-15(20)16(21)9-13/h4-5,8-9H,6-7,10H2,1-3H3. The molecule has 0 saturated heterocycles. The SMILES string of the molecule is COC(=O)CCn1c(C)cc(C(=O)COC(=O)c2ccc(Cl)c(Cl)c2)c1C. The lowest BCUT2D eigenvalue weighted by Gasteiger charge is -2.09. The Bertz CT molecular complexity index is 888. The second kappa shape index (κ2) is 9.06. The first kappa shape index (κ1) is 21.0. The average Bonchev–Trinajstić information content (AvgIpc) is 2.93. The van der Waals surface area contributed by atoms with E-state index in [2.05, 4.69) is 4.74 Å². The summed E-state index contributed by atoms with van der Waals surface area (Å²) in [5, 5.41) is 0.551. The third kappa shape index (κ3) is 5.11. The van der Waals surface area contributed by atoms with Crippen molar-refractivity contribution in [3.63, 3.8) is 0 Å². The van der Waals surface area contributed by atoms with E-state index in [1.807, 2.05) is 11.5 Å². The fraction of sp³-hybridized carbons (Fsp3) is 0.316. The minimum atomic E-state index is -0.665. The Balaban J connectivity index is 2.04. The van der Waals surface area contributed by atoms with E-state index in [0.29, 0.717) is 22.8 Å². The number of benzene rings is 1. The number of rotatable bonds is 7. The summed E-state index contributed by atoms with van der Waals surface area (Å²) in [5.74, 6) is -1.33. The molecule has 0 bridgehead atoms. The molecule has 0 N–H and O–H groups in total. The van der Waals surface area contributed by atoms with Crippen molar-refractivity contribution >= 4 is 40.9 Å². The van der Waals surface area contributed by atoms with Gasteiger partial charge in [-0.25, -0.2) is 4.79 Å². The number of hydrogen-bond acceptors (Lipinski definition) is 5. The number of halogens is 2. The molecule has 0 aliphatic carbocycles. The molecule has 1 aromatic carbocycles. The molecule has 0 aliphatic rings. The van der Waals surface area contributed by atoms with Crippen molar-refractivity contribution in [1.82, 2.24) is 4.57 Å². The van der Waals surface area contributed by atoms with Gasteiger partial charge in [-0.1, -0.05) is 23.2 Å². The lowest BCUT2D eigenvalue weighted by Crippen LogP contribution is -2.15. The van der Waals surface area contributed by atoms with Crippen molar-refractivity contribution in [3.8, 4) is 0 Å². The average molecular weight is 412 g/mol. The largest absolute Gasteiger partial charge is 0.469 e. The van der Waals surface area contributed by atoms with Crippen LogP contribution in [0.4, 0.5) is 0 Å². The highest BCUT2D eigenvalue weighted by Gasteiger charge is 2.18. The fourth-order valence-corrected chi connectivity index (χ4v) is 2.95. The van der Waals surface area contributed by atoms with Crippen LogP contribution >= 0.6 is 23.2 Å². The van der Waals surface area contributed by atoms with Gasteiger partial charge in [0.15, 0.2) is 6.61 Å². The fourth-order valence-electron chi connectivity index (χ4n) is 2.65. The zero-order valence-corrected chi connectivity index (χ0v) is 16.7. The van der Waals surface area contributed by atoms with Crippen LogP contribution in [0.5, 0.6) is 0 Å². The van der Waals surface area contributed by atoms with Crippen molar-refractivity contribution in [2.24, 2.45) is 0 Å². The van der Waals surface area contributed by atoms with Crippen molar-refractivity contribution in [3.05, 3.63) is 56.8 Å². The molecule has 0 spiro atoms. The first-order chi connectivity index (χ1) is 12.7. The highest BCUT2D eigenvalue weighted by atomic mass is 35.5. The first-order valence-electron chi connectivity index (χ1n) is 8.13. The van der Waals surface area contributed by atoms with E-state index in [1.54, 1.807) is 13.0 Å². The van der Waals surface area contributed by atoms with E-state index < -0.39 is 12.6 Å². The number of nitrogens with zero attached hydrogens (tertiary/aromatic N) is 1. The Morgan fingerprint density at radius 2 is 1.78 bits per heavy atom. The molecule has 2 aromatic rings. The molecule has 27 heavy (non-hydrogen) atoms. The zero-order chi connectivity index (χ0) is 20.1. The number of esters is 2. The van der Waals surface area contributed by atoms with E-state index in [9.17, 15) is 14.4 Å². The number of carbonyl (C=O) groups excluding carboxylic acids is 3. The molecule has 0 unspecified atom stereocenters. The number of methoxy groups -OCH3 is 1. The number of ketones is 1. The van der Waals surface area contributed by atoms with Gasteiger partial charge in [-0.3, -0.25) is 9.59 Å². The highest BCUT2D eigenvalue weighted by molar-refractivity contribution is 6.42. The smallest absolute Gasteiger partial charge is 0.338 e. The summed E-state index contributed by atoms with van der Waals surface area (Å²) in [7, 11) is 1.33. The third-order valence-corrected chi connectivity index (χ3v) is 4.87. The van der Waals surface area contributed by atoms with Crippen LogP contribution in [0, 0.1) is 13.8 Å². The van der Waals surface area contributed by atoms with Crippen LogP contribution in [-0.2, 0) is 20.8 Å². The molecular formula is C19H19Cl2NO5. The molecule has 6 nitrogen and oxygen atoms in total. The molecule has 0 radical (unpaired) electrons. The lowest BCUT2D eigenvalue weighted by molar-refractivity contribution is -0.140. The van der Waals surface area contributed by atoms with Crippen LogP contribution in [0.15, 0.2) is 24.3 Å². The van der Waals surface area contributed by atoms with Gasteiger partial charge in [-0.05, 0) is 38.1 Å². The summed E-state index contributed by atoms with van der Waals surface area (Å²) >= 11 is 11.7. The summed E-state index contributed by atoms with van der Waals surface area (Å²) in [5.41, 5.74) is 2.18. The van der Waals surface area contributed by atoms with Gasteiger partial charge < -0.3 is 14.0 Å². The van der Waals surface area contributed by atoms with Gasteiger partial charge in [-0.2, -0.15) is 0 Å². The Kier molecular flexibility index (Phi) is 7.05. The molecule has 0 aliphatic heterocycles. The molecule has 8 heteroatoms. The van der Waals surface area contributed by atoms with Crippen LogP contribution in [0.3, 0.4) is 0 Å². The normalized spacial score (nSPS) is 10.6. The molecular weight excluding hydrogens is 393 g/mol. The summed E-state index contributed by atoms with van der Waals surface area (Å²) < 4.78 is 11.6. The predicted molar refractivity (Wildman–Crippen MR) is 102 cm³/mol. The summed E-state index contributed by atoms with van der Waals surface area (Å²) in [4.78, 5) is 35.9.